The van der Waals surface area contributed by atoms with Gasteiger partial charge in [0.2, 0.25) is 0 Å². The van der Waals surface area contributed by atoms with Gasteiger partial charge in [0.15, 0.2) is 0 Å². The fourth-order valence-corrected chi connectivity index (χ4v) is 3.18. The van der Waals surface area contributed by atoms with Gasteiger partial charge in [0.1, 0.15) is 5.03 Å². The van der Waals surface area contributed by atoms with Gasteiger partial charge in [0.05, 0.1) is 16.6 Å². The van der Waals surface area contributed by atoms with Gasteiger partial charge in [-0.25, -0.2) is 9.97 Å². The molecule has 0 fully saturated rings. The largest absolute Gasteiger partial charge is 0.283 e. The molecule has 0 saturated heterocycles. The maximum atomic E-state index is 12.7. The van der Waals surface area contributed by atoms with Crippen LogP contribution in [0.5, 0.6) is 0 Å². The Hall–Kier alpha value is -2.73. The van der Waals surface area contributed by atoms with Gasteiger partial charge in [-0.05, 0) is 24.0 Å². The monoisotopic (exact) mass is 334 g/mol. The van der Waals surface area contributed by atoms with Crippen molar-refractivity contribution >= 4 is 28.4 Å². The first-order valence-corrected chi connectivity index (χ1v) is 8.75. The molecule has 2 aromatic carbocycles. The summed E-state index contributed by atoms with van der Waals surface area (Å²) in [6, 6.07) is 17.3. The van der Waals surface area contributed by atoms with Crippen LogP contribution in [0.1, 0.15) is 11.3 Å². The smallest absolute Gasteiger partial charge is 0.267 e. The molecule has 0 N–H and O–H groups in total. The van der Waals surface area contributed by atoms with Crippen LogP contribution in [0.25, 0.3) is 16.7 Å². The van der Waals surface area contributed by atoms with Crippen LogP contribution in [0, 0.1) is 0 Å². The molecule has 2 heterocycles. The van der Waals surface area contributed by atoms with Crippen LogP contribution in [0.2, 0.25) is 0 Å². The molecule has 0 atom stereocenters. The van der Waals surface area contributed by atoms with E-state index in [9.17, 15) is 4.79 Å². The lowest BCUT2D eigenvalue weighted by molar-refractivity contribution is 0.766. The molecular weight excluding hydrogens is 320 g/mol. The third kappa shape index (κ3) is 2.55. The molecule has 0 aliphatic carbocycles. The van der Waals surface area contributed by atoms with Crippen LogP contribution in [-0.2, 0) is 6.42 Å². The Bertz CT molecular complexity index is 1090. The van der Waals surface area contributed by atoms with E-state index < -0.39 is 0 Å². The number of rotatable bonds is 3. The van der Waals surface area contributed by atoms with E-state index >= 15 is 0 Å². The number of fused-ring (bicyclic) bond motifs is 2. The van der Waals surface area contributed by atoms with E-state index in [1.54, 1.807) is 6.07 Å². The zero-order valence-electron chi connectivity index (χ0n) is 13.0. The van der Waals surface area contributed by atoms with Crippen molar-refractivity contribution in [3.8, 4) is 0 Å². The van der Waals surface area contributed by atoms with Crippen LogP contribution in [0.15, 0.2) is 64.4 Å². The van der Waals surface area contributed by atoms with Crippen molar-refractivity contribution in [2.45, 2.75) is 11.4 Å². The third-order valence-electron chi connectivity index (χ3n) is 3.81. The normalized spacial score (nSPS) is 11.2. The fourth-order valence-electron chi connectivity index (χ4n) is 2.66. The predicted molar refractivity (Wildman–Crippen MR) is 95.6 cm³/mol. The van der Waals surface area contributed by atoms with Crippen LogP contribution in [0.4, 0.5) is 0 Å². The molecule has 0 aliphatic heterocycles. The summed E-state index contributed by atoms with van der Waals surface area (Å²) in [7, 11) is 0. The minimum Gasteiger partial charge on any atom is -0.267 e. The summed E-state index contributed by atoms with van der Waals surface area (Å²) in [5, 5.41) is 5.89. The first-order chi connectivity index (χ1) is 11.8. The third-order valence-corrected chi connectivity index (χ3v) is 4.53. The van der Waals surface area contributed by atoms with Crippen molar-refractivity contribution in [2.75, 3.05) is 6.26 Å². The molecule has 0 radical (unpaired) electrons. The summed E-state index contributed by atoms with van der Waals surface area (Å²) in [6.45, 7) is 0. The summed E-state index contributed by atoms with van der Waals surface area (Å²) < 4.78 is 1.31. The summed E-state index contributed by atoms with van der Waals surface area (Å²) in [5.41, 5.74) is 2.35. The van der Waals surface area contributed by atoms with Crippen molar-refractivity contribution in [3.63, 3.8) is 0 Å². The van der Waals surface area contributed by atoms with Crippen molar-refractivity contribution in [1.29, 1.82) is 0 Å². The van der Waals surface area contributed by atoms with Crippen LogP contribution >= 0.6 is 11.8 Å². The van der Waals surface area contributed by atoms with Gasteiger partial charge in [0, 0.05) is 6.42 Å². The lowest BCUT2D eigenvalue weighted by Crippen LogP contribution is -2.21. The highest BCUT2D eigenvalue weighted by atomic mass is 32.2. The minimum atomic E-state index is -0.190. The molecule has 0 aliphatic rings. The molecular formula is C18H14N4OS. The second-order valence-corrected chi connectivity index (χ2v) is 6.17. The minimum absolute atomic E-state index is 0.190. The quantitative estimate of drug-likeness (QED) is 0.426. The highest BCUT2D eigenvalue weighted by Crippen LogP contribution is 2.19. The molecule has 6 heteroatoms. The lowest BCUT2D eigenvalue weighted by Gasteiger charge is -2.09. The highest BCUT2D eigenvalue weighted by Gasteiger charge is 2.13. The molecule has 4 aromatic rings. The molecule has 4 rings (SSSR count). The van der Waals surface area contributed by atoms with E-state index in [4.69, 9.17) is 0 Å². The molecule has 118 valence electrons. The van der Waals surface area contributed by atoms with Crippen molar-refractivity contribution in [1.82, 2.24) is 19.6 Å². The van der Waals surface area contributed by atoms with Gasteiger partial charge in [-0.2, -0.15) is 9.61 Å². The zero-order chi connectivity index (χ0) is 16.5. The number of benzene rings is 2. The van der Waals surface area contributed by atoms with Crippen LogP contribution < -0.4 is 5.56 Å². The molecule has 0 unspecified atom stereocenters. The Morgan fingerprint density at radius 1 is 1.00 bits per heavy atom. The Morgan fingerprint density at radius 2 is 1.75 bits per heavy atom. The molecule has 0 saturated carbocycles. The van der Waals surface area contributed by atoms with E-state index in [2.05, 4.69) is 15.1 Å². The van der Waals surface area contributed by atoms with Crippen molar-refractivity contribution in [3.05, 3.63) is 76.2 Å². The SMILES string of the molecule is CSc1nc2nc3ccccc3c(=O)n2nc1Cc1ccccc1. The number of hydrogen-bond acceptors (Lipinski definition) is 5. The van der Waals surface area contributed by atoms with E-state index in [1.165, 1.54) is 16.3 Å². The fraction of sp³-hybridized carbons (Fsp3) is 0.111. The number of aromatic nitrogens is 4. The molecule has 0 spiro atoms. The van der Waals surface area contributed by atoms with E-state index in [0.717, 1.165) is 16.3 Å². The van der Waals surface area contributed by atoms with Gasteiger partial charge in [-0.3, -0.25) is 4.79 Å². The van der Waals surface area contributed by atoms with Gasteiger partial charge in [-0.15, -0.1) is 11.8 Å². The number of para-hydroxylation sites is 1. The van der Waals surface area contributed by atoms with Crippen molar-refractivity contribution < 1.29 is 0 Å². The topological polar surface area (TPSA) is 60.2 Å². The second-order valence-electron chi connectivity index (χ2n) is 5.38. The Labute approximate surface area is 142 Å². The Morgan fingerprint density at radius 3 is 2.54 bits per heavy atom. The lowest BCUT2D eigenvalue weighted by atomic mass is 10.1. The average Bonchev–Trinajstić information content (AvgIpc) is 2.63. The highest BCUT2D eigenvalue weighted by molar-refractivity contribution is 7.98. The molecule has 0 amide bonds. The van der Waals surface area contributed by atoms with Crippen LogP contribution in [0.3, 0.4) is 0 Å². The van der Waals surface area contributed by atoms with Gasteiger partial charge in [0.25, 0.3) is 11.3 Å². The average molecular weight is 334 g/mol. The molecule has 24 heavy (non-hydrogen) atoms. The summed E-state index contributed by atoms with van der Waals surface area (Å²) in [5.74, 6) is 0.333. The standard InChI is InChI=1S/C18H14N4OS/c1-24-16-15(11-12-7-3-2-4-8-12)21-22-17(23)13-9-5-6-10-14(13)19-18(22)20-16/h2-10H,11H2,1H3. The van der Waals surface area contributed by atoms with Gasteiger partial charge >= 0.3 is 0 Å². The summed E-state index contributed by atoms with van der Waals surface area (Å²) in [6.07, 6.45) is 2.58. The Kier molecular flexibility index (Phi) is 3.74. The van der Waals surface area contributed by atoms with Crippen molar-refractivity contribution in [2.24, 2.45) is 0 Å². The van der Waals surface area contributed by atoms with E-state index in [0.29, 0.717) is 23.1 Å². The first-order valence-electron chi connectivity index (χ1n) is 7.53. The summed E-state index contributed by atoms with van der Waals surface area (Å²) in [4.78, 5) is 21.7. The predicted octanol–water partition coefficient (Wildman–Crippen LogP) is 2.95. The maximum absolute atomic E-state index is 12.7. The van der Waals surface area contributed by atoms with Gasteiger partial charge in [-0.1, -0.05) is 42.5 Å². The van der Waals surface area contributed by atoms with E-state index in [-0.39, 0.29) is 5.56 Å². The second kappa shape index (κ2) is 6.05. The first kappa shape index (κ1) is 14.8. The number of thioether (sulfide) groups is 1. The number of hydrogen-bond donors (Lipinski definition) is 0. The number of nitrogens with zero attached hydrogens (tertiary/aromatic N) is 4. The van der Waals surface area contributed by atoms with Gasteiger partial charge < -0.3 is 0 Å². The van der Waals surface area contributed by atoms with E-state index in [1.807, 2.05) is 54.8 Å². The molecule has 2 aromatic heterocycles. The molecule has 5 nitrogen and oxygen atoms in total. The summed E-state index contributed by atoms with van der Waals surface area (Å²) >= 11 is 1.51. The molecule has 0 bridgehead atoms. The Balaban J connectivity index is 1.95. The zero-order valence-corrected chi connectivity index (χ0v) is 13.8. The maximum Gasteiger partial charge on any atom is 0.283 e. The van der Waals surface area contributed by atoms with Crippen LogP contribution in [-0.4, -0.2) is 25.8 Å².